The van der Waals surface area contributed by atoms with E-state index in [2.05, 4.69) is 46.0 Å². The van der Waals surface area contributed by atoms with Crippen molar-refractivity contribution in [3.05, 3.63) is 53.3 Å². The van der Waals surface area contributed by atoms with Gasteiger partial charge in [0, 0.05) is 59.3 Å². The average molecular weight is 584 g/mol. The fraction of sp³-hybridized carbons (Fsp3) is 0.656. The predicted octanol–water partition coefficient (Wildman–Crippen LogP) is 2.98. The van der Waals surface area contributed by atoms with Crippen molar-refractivity contribution < 1.29 is 23.7 Å². The molecule has 10 nitrogen and oxygen atoms in total. The van der Waals surface area contributed by atoms with Crippen molar-refractivity contribution in [1.82, 2.24) is 19.8 Å². The number of ether oxygens (including phenoxy) is 4. The molecule has 232 valence electrons. The smallest absolute Gasteiger partial charge is 0.225 e. The van der Waals surface area contributed by atoms with Crippen LogP contribution in [0.1, 0.15) is 43.0 Å². The zero-order valence-corrected chi connectivity index (χ0v) is 25.9. The number of nitrogens with zero attached hydrogens (tertiary/aromatic N) is 5. The highest BCUT2D eigenvalue weighted by Crippen LogP contribution is 2.31. The molecule has 0 aliphatic carbocycles. The normalized spacial score (nSPS) is 17.2. The third-order valence-electron chi connectivity index (χ3n) is 8.44. The number of likely N-dealkylation sites (N-methyl/N-ethyl adjacent to an activating group) is 1. The molecule has 2 saturated heterocycles. The number of benzene rings is 1. The van der Waals surface area contributed by atoms with Gasteiger partial charge in [-0.05, 0) is 49.3 Å². The molecule has 1 aromatic carbocycles. The Morgan fingerprint density at radius 3 is 2.60 bits per heavy atom. The molecule has 0 N–H and O–H groups in total. The second-order valence-electron chi connectivity index (χ2n) is 11.4. The summed E-state index contributed by atoms with van der Waals surface area (Å²) >= 11 is 0. The van der Waals surface area contributed by atoms with E-state index in [4.69, 9.17) is 23.9 Å². The standard InChI is InChI=1S/C32H49N5O5/c1-5-28-9-15-33-31(34-28)37-19-22-42-32(25-37)13-17-36(18-14-32)16-10-26-7-6-8-27(23-26)11-20-41-21-12-29(38)35(2)24-30(39-3)40-4/h6-9,15,23,30H,5,10-14,16-22,24-25H2,1-4H3. The van der Waals surface area contributed by atoms with Gasteiger partial charge in [-0.1, -0.05) is 31.2 Å². The van der Waals surface area contributed by atoms with Crippen LogP contribution in [-0.4, -0.2) is 118 Å². The molecule has 2 aromatic rings. The summed E-state index contributed by atoms with van der Waals surface area (Å²) in [7, 11) is 4.88. The zero-order valence-electron chi connectivity index (χ0n) is 25.9. The molecule has 1 spiro atoms. The summed E-state index contributed by atoms with van der Waals surface area (Å²) < 4.78 is 22.5. The molecule has 4 rings (SSSR count). The van der Waals surface area contributed by atoms with Crippen LogP contribution in [0.4, 0.5) is 5.95 Å². The first-order valence-corrected chi connectivity index (χ1v) is 15.3. The third kappa shape index (κ3) is 9.44. The Hall–Kier alpha value is -2.63. The van der Waals surface area contributed by atoms with Crippen molar-refractivity contribution >= 4 is 11.9 Å². The molecule has 2 aliphatic rings. The van der Waals surface area contributed by atoms with Crippen LogP contribution in [0.5, 0.6) is 0 Å². The van der Waals surface area contributed by atoms with Crippen LogP contribution in [-0.2, 0) is 43.0 Å². The number of piperidine rings is 1. The summed E-state index contributed by atoms with van der Waals surface area (Å²) in [6.07, 6.45) is 6.65. The number of anilines is 1. The minimum Gasteiger partial charge on any atom is -0.381 e. The SMILES string of the molecule is CCc1ccnc(N2CCOC3(CCN(CCc4cccc(CCOCCC(=O)N(C)CC(OC)OC)c4)CC3)C2)n1. The number of hydrogen-bond donors (Lipinski definition) is 0. The maximum absolute atomic E-state index is 12.3. The lowest BCUT2D eigenvalue weighted by molar-refractivity contribution is -0.143. The number of rotatable bonds is 15. The lowest BCUT2D eigenvalue weighted by Gasteiger charge is -2.47. The molecule has 3 heterocycles. The van der Waals surface area contributed by atoms with E-state index in [9.17, 15) is 4.79 Å². The second kappa shape index (κ2) is 16.3. The number of aromatic nitrogens is 2. The van der Waals surface area contributed by atoms with Crippen LogP contribution in [0.15, 0.2) is 36.5 Å². The third-order valence-corrected chi connectivity index (χ3v) is 8.44. The molecule has 1 aromatic heterocycles. The summed E-state index contributed by atoms with van der Waals surface area (Å²) in [5, 5.41) is 0. The van der Waals surface area contributed by atoms with E-state index in [0.717, 1.165) is 83.1 Å². The van der Waals surface area contributed by atoms with Crippen molar-refractivity contribution in [1.29, 1.82) is 0 Å². The highest BCUT2D eigenvalue weighted by molar-refractivity contribution is 5.75. The number of methoxy groups -OCH3 is 2. The minimum atomic E-state index is -0.416. The molecule has 2 fully saturated rings. The maximum atomic E-state index is 12.3. The number of likely N-dealkylation sites (tertiary alicyclic amines) is 1. The summed E-state index contributed by atoms with van der Waals surface area (Å²) in [6, 6.07) is 10.8. The average Bonchev–Trinajstić information content (AvgIpc) is 3.03. The Morgan fingerprint density at radius 2 is 1.86 bits per heavy atom. The van der Waals surface area contributed by atoms with Gasteiger partial charge in [0.15, 0.2) is 6.29 Å². The maximum Gasteiger partial charge on any atom is 0.225 e. The largest absolute Gasteiger partial charge is 0.381 e. The lowest BCUT2D eigenvalue weighted by atomic mass is 9.89. The van der Waals surface area contributed by atoms with Gasteiger partial charge in [0.2, 0.25) is 11.9 Å². The van der Waals surface area contributed by atoms with E-state index in [1.54, 1.807) is 26.2 Å². The van der Waals surface area contributed by atoms with Gasteiger partial charge in [-0.2, -0.15) is 0 Å². The van der Waals surface area contributed by atoms with E-state index in [0.29, 0.717) is 26.2 Å². The van der Waals surface area contributed by atoms with Gasteiger partial charge in [0.1, 0.15) is 0 Å². The van der Waals surface area contributed by atoms with Crippen molar-refractivity contribution in [2.45, 2.75) is 57.3 Å². The number of amides is 1. The fourth-order valence-electron chi connectivity index (χ4n) is 5.68. The molecule has 2 aliphatic heterocycles. The van der Waals surface area contributed by atoms with Crippen molar-refractivity contribution in [2.75, 3.05) is 85.3 Å². The minimum absolute atomic E-state index is 0.0166. The Labute approximate surface area is 251 Å². The Morgan fingerprint density at radius 1 is 1.10 bits per heavy atom. The number of morpholine rings is 1. The summed E-state index contributed by atoms with van der Waals surface area (Å²) in [4.78, 5) is 28.1. The van der Waals surface area contributed by atoms with Gasteiger partial charge in [-0.3, -0.25) is 4.79 Å². The highest BCUT2D eigenvalue weighted by atomic mass is 16.7. The lowest BCUT2D eigenvalue weighted by Crippen LogP contribution is -2.57. The first-order chi connectivity index (χ1) is 20.4. The number of carbonyl (C=O) groups excluding carboxylic acids is 1. The van der Waals surface area contributed by atoms with Crippen LogP contribution in [0.25, 0.3) is 0 Å². The summed E-state index contributed by atoms with van der Waals surface area (Å²) in [5.74, 6) is 0.854. The quantitative estimate of drug-likeness (QED) is 0.232. The van der Waals surface area contributed by atoms with Gasteiger partial charge < -0.3 is 33.6 Å². The van der Waals surface area contributed by atoms with E-state index >= 15 is 0 Å². The number of hydrogen-bond acceptors (Lipinski definition) is 9. The van der Waals surface area contributed by atoms with Crippen molar-refractivity contribution in [3.63, 3.8) is 0 Å². The molecule has 0 saturated carbocycles. The Bertz CT molecular complexity index is 1110. The summed E-state index contributed by atoms with van der Waals surface area (Å²) in [5.41, 5.74) is 3.60. The molecular formula is C32H49N5O5. The second-order valence-corrected chi connectivity index (χ2v) is 11.4. The van der Waals surface area contributed by atoms with Gasteiger partial charge in [0.05, 0.1) is 44.9 Å². The van der Waals surface area contributed by atoms with Gasteiger partial charge in [-0.15, -0.1) is 0 Å². The molecule has 42 heavy (non-hydrogen) atoms. The molecule has 0 bridgehead atoms. The van der Waals surface area contributed by atoms with Crippen LogP contribution in [0.3, 0.4) is 0 Å². The molecular weight excluding hydrogens is 534 g/mol. The molecule has 0 radical (unpaired) electrons. The monoisotopic (exact) mass is 583 g/mol. The predicted molar refractivity (Wildman–Crippen MR) is 163 cm³/mol. The van der Waals surface area contributed by atoms with Crippen LogP contribution in [0.2, 0.25) is 0 Å². The highest BCUT2D eigenvalue weighted by Gasteiger charge is 2.40. The number of aryl methyl sites for hydroxylation is 1. The Kier molecular flexibility index (Phi) is 12.5. The zero-order chi connectivity index (χ0) is 29.8. The van der Waals surface area contributed by atoms with Gasteiger partial charge >= 0.3 is 0 Å². The van der Waals surface area contributed by atoms with Gasteiger partial charge in [-0.25, -0.2) is 9.97 Å². The van der Waals surface area contributed by atoms with Crippen LogP contribution >= 0.6 is 0 Å². The first-order valence-electron chi connectivity index (χ1n) is 15.3. The van der Waals surface area contributed by atoms with Crippen molar-refractivity contribution in [3.8, 4) is 0 Å². The van der Waals surface area contributed by atoms with E-state index in [-0.39, 0.29) is 11.5 Å². The molecule has 10 heteroatoms. The molecule has 0 unspecified atom stereocenters. The fourth-order valence-corrected chi connectivity index (χ4v) is 5.68. The van der Waals surface area contributed by atoms with Crippen LogP contribution in [0, 0.1) is 0 Å². The topological polar surface area (TPSA) is 89.5 Å². The molecule has 1 amide bonds. The molecule has 0 atom stereocenters. The van der Waals surface area contributed by atoms with E-state index in [1.807, 2.05) is 12.3 Å². The van der Waals surface area contributed by atoms with Crippen LogP contribution < -0.4 is 4.90 Å². The van der Waals surface area contributed by atoms with Gasteiger partial charge in [0.25, 0.3) is 0 Å². The first kappa shape index (κ1) is 32.3. The van der Waals surface area contributed by atoms with E-state index in [1.165, 1.54) is 11.1 Å². The summed E-state index contributed by atoms with van der Waals surface area (Å²) in [6.45, 7) is 9.10. The van der Waals surface area contributed by atoms with Crippen molar-refractivity contribution in [2.24, 2.45) is 0 Å². The number of carbonyl (C=O) groups is 1. The Balaban J connectivity index is 1.14. The van der Waals surface area contributed by atoms with E-state index < -0.39 is 6.29 Å².